The van der Waals surface area contributed by atoms with Gasteiger partial charge in [-0.15, -0.1) is 0 Å². The molecule has 140 valence electrons. The second-order valence-electron chi connectivity index (χ2n) is 7.30. The summed E-state index contributed by atoms with van der Waals surface area (Å²) in [6.45, 7) is 0.579. The van der Waals surface area contributed by atoms with E-state index < -0.39 is 26.8 Å². The number of aryl methyl sites for hydroxylation is 1. The molecule has 1 saturated heterocycles. The Hall–Kier alpha value is -1.13. The second kappa shape index (κ2) is 5.43. The van der Waals surface area contributed by atoms with Gasteiger partial charge in [-0.25, -0.2) is 13.1 Å². The molecule has 1 N–H and O–H groups in total. The predicted molar refractivity (Wildman–Crippen MR) is 81.1 cm³/mol. The van der Waals surface area contributed by atoms with Crippen molar-refractivity contribution < 1.29 is 26.3 Å². The van der Waals surface area contributed by atoms with Crippen molar-refractivity contribution in [2.24, 2.45) is 18.4 Å². The Balaban J connectivity index is 1.66. The Kier molecular flexibility index (Phi) is 3.76. The van der Waals surface area contributed by atoms with Crippen LogP contribution in [-0.4, -0.2) is 37.0 Å². The SMILES string of the molecule is Cn1cc(S(=O)(=O)NC2C3CCOC3C23CCCC3)c(C(F)(F)F)n1. The van der Waals surface area contributed by atoms with Crippen molar-refractivity contribution in [3.05, 3.63) is 11.9 Å². The Bertz CT molecular complexity index is 784. The topological polar surface area (TPSA) is 73.2 Å². The summed E-state index contributed by atoms with van der Waals surface area (Å²) < 4.78 is 74.2. The zero-order valence-electron chi connectivity index (χ0n) is 13.7. The lowest BCUT2D eigenvalue weighted by Gasteiger charge is -2.56. The van der Waals surface area contributed by atoms with Crippen LogP contribution in [0, 0.1) is 11.3 Å². The lowest BCUT2D eigenvalue weighted by atomic mass is 9.55. The largest absolute Gasteiger partial charge is 0.436 e. The molecule has 1 aromatic heterocycles. The maximum absolute atomic E-state index is 13.1. The molecular weight excluding hydrogens is 359 g/mol. The van der Waals surface area contributed by atoms with Gasteiger partial charge in [-0.2, -0.15) is 18.3 Å². The van der Waals surface area contributed by atoms with Crippen LogP contribution in [0.1, 0.15) is 37.8 Å². The van der Waals surface area contributed by atoms with Gasteiger partial charge in [0.2, 0.25) is 10.0 Å². The Labute approximate surface area is 143 Å². The van der Waals surface area contributed by atoms with Gasteiger partial charge in [-0.3, -0.25) is 4.68 Å². The van der Waals surface area contributed by atoms with Crippen LogP contribution in [0.5, 0.6) is 0 Å². The number of fused-ring (bicyclic) bond motifs is 2. The van der Waals surface area contributed by atoms with E-state index in [2.05, 4.69) is 9.82 Å². The van der Waals surface area contributed by atoms with E-state index in [1.807, 2.05) is 0 Å². The monoisotopic (exact) mass is 379 g/mol. The van der Waals surface area contributed by atoms with E-state index in [0.29, 0.717) is 6.61 Å². The number of hydrogen-bond donors (Lipinski definition) is 1. The summed E-state index contributed by atoms with van der Waals surface area (Å²) in [5, 5.41) is 3.30. The number of halogens is 3. The van der Waals surface area contributed by atoms with Gasteiger partial charge in [-0.1, -0.05) is 12.8 Å². The minimum absolute atomic E-state index is 0.0266. The molecule has 0 amide bonds. The fourth-order valence-corrected chi connectivity index (χ4v) is 6.52. The van der Waals surface area contributed by atoms with Gasteiger partial charge in [0, 0.05) is 37.2 Å². The smallest absolute Gasteiger partial charge is 0.377 e. The molecule has 2 aliphatic carbocycles. The summed E-state index contributed by atoms with van der Waals surface area (Å²) in [5.74, 6) is 0.0406. The summed E-state index contributed by atoms with van der Waals surface area (Å²) in [7, 11) is -3.05. The standard InChI is InChI=1S/C15H20F3N3O3S/c1-21-8-10(12(19-21)15(16,17)18)25(22,23)20-11-9-4-7-24-13(9)14(11)5-2-3-6-14/h8-9,11,13,20H,2-7H2,1H3. The fourth-order valence-electron chi connectivity index (χ4n) is 4.95. The number of rotatable bonds is 3. The number of alkyl halides is 3. The summed E-state index contributed by atoms with van der Waals surface area (Å²) in [6.07, 6.45) is 0.526. The van der Waals surface area contributed by atoms with Crippen molar-refractivity contribution in [2.45, 2.75) is 55.3 Å². The summed E-state index contributed by atoms with van der Waals surface area (Å²) in [6, 6.07) is -0.367. The van der Waals surface area contributed by atoms with Crippen LogP contribution >= 0.6 is 0 Å². The van der Waals surface area contributed by atoms with Crippen LogP contribution in [0.15, 0.2) is 11.1 Å². The molecule has 2 saturated carbocycles. The first-order chi connectivity index (χ1) is 11.7. The van der Waals surface area contributed by atoms with Gasteiger partial charge in [0.25, 0.3) is 0 Å². The molecule has 25 heavy (non-hydrogen) atoms. The maximum Gasteiger partial charge on any atom is 0.436 e. The van der Waals surface area contributed by atoms with Crippen molar-refractivity contribution in [1.29, 1.82) is 0 Å². The molecule has 3 unspecified atom stereocenters. The van der Waals surface area contributed by atoms with Crippen molar-refractivity contribution in [3.63, 3.8) is 0 Å². The normalized spacial score (nSPS) is 31.3. The molecule has 3 atom stereocenters. The first-order valence-corrected chi connectivity index (χ1v) is 9.88. The fraction of sp³-hybridized carbons (Fsp3) is 0.800. The van der Waals surface area contributed by atoms with Crippen molar-refractivity contribution in [3.8, 4) is 0 Å². The van der Waals surface area contributed by atoms with E-state index in [0.717, 1.165) is 43.0 Å². The van der Waals surface area contributed by atoms with Gasteiger partial charge in [0.05, 0.1) is 6.10 Å². The quantitative estimate of drug-likeness (QED) is 0.873. The predicted octanol–water partition coefficient (Wildman–Crippen LogP) is 2.06. The van der Waals surface area contributed by atoms with Crippen LogP contribution < -0.4 is 4.72 Å². The lowest BCUT2D eigenvalue weighted by molar-refractivity contribution is -0.143. The Morgan fingerprint density at radius 1 is 1.36 bits per heavy atom. The highest BCUT2D eigenvalue weighted by atomic mass is 32.2. The lowest BCUT2D eigenvalue weighted by Crippen LogP contribution is -2.68. The number of aromatic nitrogens is 2. The van der Waals surface area contributed by atoms with Gasteiger partial charge in [0.15, 0.2) is 5.69 Å². The molecule has 2 heterocycles. The molecule has 10 heteroatoms. The van der Waals surface area contributed by atoms with E-state index in [1.165, 1.54) is 7.05 Å². The van der Waals surface area contributed by atoms with E-state index in [4.69, 9.17) is 4.74 Å². The average molecular weight is 379 g/mol. The zero-order chi connectivity index (χ0) is 18.0. The highest BCUT2D eigenvalue weighted by Gasteiger charge is 2.65. The second-order valence-corrected chi connectivity index (χ2v) is 8.98. The van der Waals surface area contributed by atoms with Crippen LogP contribution in [0.4, 0.5) is 13.2 Å². The van der Waals surface area contributed by atoms with Crippen LogP contribution in [-0.2, 0) is 28.0 Å². The first-order valence-electron chi connectivity index (χ1n) is 8.40. The highest BCUT2D eigenvalue weighted by Crippen LogP contribution is 2.61. The molecule has 4 rings (SSSR count). The van der Waals surface area contributed by atoms with Crippen LogP contribution in [0.3, 0.4) is 0 Å². The number of sulfonamides is 1. The summed E-state index contributed by atoms with van der Waals surface area (Å²) >= 11 is 0. The molecule has 6 nitrogen and oxygen atoms in total. The molecule has 1 spiro atoms. The molecule has 0 bridgehead atoms. The molecule has 0 aromatic carbocycles. The third-order valence-corrected chi connectivity index (χ3v) is 7.36. The molecule has 3 fully saturated rings. The molecular formula is C15H20F3N3O3S. The van der Waals surface area contributed by atoms with Gasteiger partial charge >= 0.3 is 6.18 Å². The third-order valence-electron chi connectivity index (χ3n) is 5.92. The van der Waals surface area contributed by atoms with E-state index in [1.54, 1.807) is 0 Å². The molecule has 3 aliphatic rings. The number of nitrogens with zero attached hydrogens (tertiary/aromatic N) is 2. The van der Waals surface area contributed by atoms with Crippen LogP contribution in [0.25, 0.3) is 0 Å². The van der Waals surface area contributed by atoms with Gasteiger partial charge in [0.1, 0.15) is 4.90 Å². The van der Waals surface area contributed by atoms with E-state index in [9.17, 15) is 21.6 Å². The Morgan fingerprint density at radius 2 is 2.04 bits per heavy atom. The summed E-state index contributed by atoms with van der Waals surface area (Å²) in [5.41, 5.74) is -1.64. The van der Waals surface area contributed by atoms with Gasteiger partial charge in [-0.05, 0) is 19.3 Å². The summed E-state index contributed by atoms with van der Waals surface area (Å²) in [4.78, 5) is -0.807. The maximum atomic E-state index is 13.1. The minimum atomic E-state index is -4.82. The highest BCUT2D eigenvalue weighted by molar-refractivity contribution is 7.89. The molecule has 1 aromatic rings. The van der Waals surface area contributed by atoms with E-state index in [-0.39, 0.29) is 23.5 Å². The zero-order valence-corrected chi connectivity index (χ0v) is 14.5. The Morgan fingerprint density at radius 3 is 2.68 bits per heavy atom. The van der Waals surface area contributed by atoms with Crippen LogP contribution in [0.2, 0.25) is 0 Å². The number of hydrogen-bond acceptors (Lipinski definition) is 4. The van der Waals surface area contributed by atoms with Crippen molar-refractivity contribution in [1.82, 2.24) is 14.5 Å². The average Bonchev–Trinajstić information content (AvgIpc) is 3.22. The minimum Gasteiger partial charge on any atom is -0.377 e. The van der Waals surface area contributed by atoms with Crippen molar-refractivity contribution >= 4 is 10.0 Å². The molecule has 0 radical (unpaired) electrons. The van der Waals surface area contributed by atoms with Crippen molar-refractivity contribution in [2.75, 3.05) is 6.61 Å². The van der Waals surface area contributed by atoms with Gasteiger partial charge < -0.3 is 4.74 Å². The van der Waals surface area contributed by atoms with E-state index >= 15 is 0 Å². The number of ether oxygens (including phenoxy) is 1. The third kappa shape index (κ3) is 2.52. The number of nitrogens with one attached hydrogen (secondary N) is 1. The first kappa shape index (κ1) is 17.3. The molecule has 1 aliphatic heterocycles.